The van der Waals surface area contributed by atoms with Crippen molar-refractivity contribution in [3.05, 3.63) is 36.2 Å². The van der Waals surface area contributed by atoms with Crippen molar-refractivity contribution in [2.24, 2.45) is 5.92 Å². The summed E-state index contributed by atoms with van der Waals surface area (Å²) in [6.45, 7) is 4.73. The van der Waals surface area contributed by atoms with Crippen molar-refractivity contribution in [2.45, 2.75) is 44.6 Å². The van der Waals surface area contributed by atoms with Crippen LogP contribution in [-0.2, 0) is 4.79 Å². The second-order valence-corrected chi connectivity index (χ2v) is 7.61. The first-order valence-electron chi connectivity index (χ1n) is 9.70. The first-order valence-corrected chi connectivity index (χ1v) is 9.70. The van der Waals surface area contributed by atoms with Crippen molar-refractivity contribution in [2.75, 3.05) is 19.6 Å². The minimum atomic E-state index is 0.166. The van der Waals surface area contributed by atoms with Gasteiger partial charge in [0.25, 0.3) is 0 Å². The second kappa shape index (κ2) is 7.58. The van der Waals surface area contributed by atoms with Crippen LogP contribution in [0.2, 0.25) is 0 Å². The third-order valence-electron chi connectivity index (χ3n) is 5.63. The number of hydrogen-bond donors (Lipinski definition) is 2. The van der Waals surface area contributed by atoms with E-state index in [2.05, 4.69) is 27.3 Å². The topological polar surface area (TPSA) is 73.9 Å². The molecule has 0 saturated carbocycles. The molecule has 6 nitrogen and oxygen atoms in total. The van der Waals surface area contributed by atoms with Crippen molar-refractivity contribution in [1.29, 1.82) is 0 Å². The summed E-state index contributed by atoms with van der Waals surface area (Å²) in [5.74, 6) is 2.37. The highest BCUT2D eigenvalue weighted by molar-refractivity contribution is 5.79. The lowest BCUT2D eigenvalue weighted by molar-refractivity contribution is -0.138. The van der Waals surface area contributed by atoms with Gasteiger partial charge in [-0.2, -0.15) is 5.10 Å². The van der Waals surface area contributed by atoms with Gasteiger partial charge in [0.1, 0.15) is 5.82 Å². The monoisotopic (exact) mass is 353 g/mol. The van der Waals surface area contributed by atoms with E-state index >= 15 is 0 Å². The molecule has 0 aliphatic carbocycles. The number of aromatic amines is 1. The van der Waals surface area contributed by atoms with Crippen LogP contribution in [0, 0.1) is 5.92 Å². The Hall–Kier alpha value is -2.21. The van der Waals surface area contributed by atoms with E-state index in [4.69, 9.17) is 4.98 Å². The molecule has 1 unspecified atom stereocenters. The smallest absolute Gasteiger partial charge is 0.225 e. The summed E-state index contributed by atoms with van der Waals surface area (Å²) >= 11 is 0. The Balaban J connectivity index is 1.44. The molecule has 4 rings (SSSR count). The summed E-state index contributed by atoms with van der Waals surface area (Å²) in [4.78, 5) is 19.7. The number of nitrogens with one attached hydrogen (secondary N) is 2. The average molecular weight is 353 g/mol. The lowest BCUT2D eigenvalue weighted by Gasteiger charge is -2.36. The minimum Gasteiger partial charge on any atom is -0.342 e. The summed E-state index contributed by atoms with van der Waals surface area (Å²) in [7, 11) is 0. The molecular formula is C20H27N5O. The average Bonchev–Trinajstić information content (AvgIpc) is 3.18. The number of nitrogens with zero attached hydrogens (tertiary/aromatic N) is 3. The number of piperidine rings is 2. The van der Waals surface area contributed by atoms with E-state index in [-0.39, 0.29) is 11.8 Å². The minimum absolute atomic E-state index is 0.166. The van der Waals surface area contributed by atoms with Gasteiger partial charge in [-0.05, 0) is 39.2 Å². The van der Waals surface area contributed by atoms with Crippen LogP contribution in [0.5, 0.6) is 0 Å². The Bertz CT molecular complexity index is 744. The fourth-order valence-electron chi connectivity index (χ4n) is 4.19. The molecule has 1 amide bonds. The molecule has 2 aliphatic heterocycles. The normalized spacial score (nSPS) is 26.7. The second-order valence-electron chi connectivity index (χ2n) is 7.61. The molecule has 0 bridgehead atoms. The van der Waals surface area contributed by atoms with Crippen LogP contribution in [-0.4, -0.2) is 51.7 Å². The summed E-state index contributed by atoms with van der Waals surface area (Å²) < 4.78 is 0. The van der Waals surface area contributed by atoms with Crippen LogP contribution in [0.4, 0.5) is 0 Å². The number of carbonyl (C=O) groups is 1. The third-order valence-corrected chi connectivity index (χ3v) is 5.63. The Morgan fingerprint density at radius 2 is 2.08 bits per heavy atom. The van der Waals surface area contributed by atoms with E-state index < -0.39 is 0 Å². The maximum Gasteiger partial charge on any atom is 0.225 e. The van der Waals surface area contributed by atoms with Gasteiger partial charge in [-0.15, -0.1) is 0 Å². The Kier molecular flexibility index (Phi) is 5.02. The van der Waals surface area contributed by atoms with Gasteiger partial charge in [0.2, 0.25) is 5.91 Å². The molecular weight excluding hydrogens is 326 g/mol. The molecule has 2 aliphatic rings. The van der Waals surface area contributed by atoms with Gasteiger partial charge in [-0.25, -0.2) is 4.98 Å². The Labute approximate surface area is 154 Å². The van der Waals surface area contributed by atoms with Crippen LogP contribution >= 0.6 is 0 Å². The maximum atomic E-state index is 13.0. The van der Waals surface area contributed by atoms with E-state index in [9.17, 15) is 4.79 Å². The molecule has 1 aromatic carbocycles. The quantitative estimate of drug-likeness (QED) is 0.889. The zero-order valence-electron chi connectivity index (χ0n) is 15.3. The number of benzene rings is 1. The number of H-pyrrole nitrogens is 1. The van der Waals surface area contributed by atoms with Gasteiger partial charge in [-0.1, -0.05) is 30.3 Å². The van der Waals surface area contributed by atoms with Crippen LogP contribution in [0.25, 0.3) is 11.4 Å². The number of aromatic nitrogens is 3. The number of likely N-dealkylation sites (tertiary alicyclic amines) is 1. The lowest BCUT2D eigenvalue weighted by atomic mass is 9.90. The van der Waals surface area contributed by atoms with E-state index in [0.717, 1.165) is 62.5 Å². The third kappa shape index (κ3) is 3.65. The van der Waals surface area contributed by atoms with Gasteiger partial charge in [0, 0.05) is 36.5 Å². The highest BCUT2D eigenvalue weighted by atomic mass is 16.2. The zero-order chi connectivity index (χ0) is 17.9. The number of carbonyl (C=O) groups excluding carboxylic acids is 1. The molecule has 138 valence electrons. The van der Waals surface area contributed by atoms with E-state index in [1.54, 1.807) is 0 Å². The molecule has 2 aromatic rings. The summed E-state index contributed by atoms with van der Waals surface area (Å²) in [5, 5.41) is 10.9. The molecule has 2 fully saturated rings. The number of amides is 1. The summed E-state index contributed by atoms with van der Waals surface area (Å²) in [5.41, 5.74) is 1.02. The van der Waals surface area contributed by atoms with Gasteiger partial charge in [0.15, 0.2) is 5.82 Å². The van der Waals surface area contributed by atoms with Gasteiger partial charge >= 0.3 is 0 Å². The molecule has 26 heavy (non-hydrogen) atoms. The van der Waals surface area contributed by atoms with Gasteiger partial charge in [-0.3, -0.25) is 9.89 Å². The fraction of sp³-hybridized carbons (Fsp3) is 0.550. The predicted octanol–water partition coefficient (Wildman–Crippen LogP) is 2.57. The van der Waals surface area contributed by atoms with Crippen molar-refractivity contribution in [1.82, 2.24) is 25.4 Å². The lowest BCUT2D eigenvalue weighted by Crippen LogP contribution is -2.47. The maximum absolute atomic E-state index is 13.0. The highest BCUT2D eigenvalue weighted by Gasteiger charge is 2.32. The predicted molar refractivity (Wildman–Crippen MR) is 101 cm³/mol. The van der Waals surface area contributed by atoms with E-state index in [0.29, 0.717) is 11.9 Å². The fourth-order valence-corrected chi connectivity index (χ4v) is 4.19. The Morgan fingerprint density at radius 3 is 2.88 bits per heavy atom. The van der Waals surface area contributed by atoms with Crippen molar-refractivity contribution in [3.63, 3.8) is 0 Å². The highest BCUT2D eigenvalue weighted by Crippen LogP contribution is 2.28. The molecule has 3 atom stereocenters. The molecule has 2 N–H and O–H groups in total. The first kappa shape index (κ1) is 17.2. The zero-order valence-corrected chi connectivity index (χ0v) is 15.3. The van der Waals surface area contributed by atoms with Gasteiger partial charge < -0.3 is 10.2 Å². The van der Waals surface area contributed by atoms with Crippen LogP contribution < -0.4 is 5.32 Å². The van der Waals surface area contributed by atoms with Crippen molar-refractivity contribution in [3.8, 4) is 11.4 Å². The number of rotatable bonds is 3. The Morgan fingerprint density at radius 1 is 1.23 bits per heavy atom. The van der Waals surface area contributed by atoms with Crippen LogP contribution in [0.3, 0.4) is 0 Å². The standard InChI is InChI=1S/C20H27N5O/c1-14-12-16(9-10-21-14)20(26)25-11-5-8-17(13-25)19-22-18(23-24-19)15-6-3-2-4-7-15/h2-4,6-7,14,16-17,21H,5,8-13H2,1H3,(H,22,23,24)/t14-,16-,17?/m0/s1. The molecule has 0 spiro atoms. The SMILES string of the molecule is C[C@H]1C[C@@H](C(=O)N2CCCC(c3nc(-c4ccccc4)n[nH]3)C2)CCN1. The van der Waals surface area contributed by atoms with E-state index in [1.165, 1.54) is 0 Å². The van der Waals surface area contributed by atoms with Gasteiger partial charge in [0.05, 0.1) is 0 Å². The molecule has 2 saturated heterocycles. The van der Waals surface area contributed by atoms with Crippen molar-refractivity contribution >= 4 is 5.91 Å². The molecule has 6 heteroatoms. The van der Waals surface area contributed by atoms with Crippen LogP contribution in [0.15, 0.2) is 30.3 Å². The van der Waals surface area contributed by atoms with Crippen molar-refractivity contribution < 1.29 is 4.79 Å². The molecule has 1 aromatic heterocycles. The van der Waals surface area contributed by atoms with Crippen LogP contribution in [0.1, 0.15) is 44.3 Å². The largest absolute Gasteiger partial charge is 0.342 e. The van der Waals surface area contributed by atoms with E-state index in [1.807, 2.05) is 30.3 Å². The molecule has 0 radical (unpaired) electrons. The first-order chi connectivity index (χ1) is 12.7. The molecule has 3 heterocycles. The summed E-state index contributed by atoms with van der Waals surface area (Å²) in [6, 6.07) is 10.4. The summed E-state index contributed by atoms with van der Waals surface area (Å²) in [6.07, 6.45) is 3.97. The number of hydrogen-bond acceptors (Lipinski definition) is 4.